The second kappa shape index (κ2) is 8.64. The van der Waals surface area contributed by atoms with Crippen molar-refractivity contribution in [2.75, 3.05) is 40.3 Å². The maximum absolute atomic E-state index is 11.0. The summed E-state index contributed by atoms with van der Waals surface area (Å²) in [5.41, 5.74) is 0. The number of nitrogens with one attached hydrogen (secondary N) is 1. The molecule has 2 N–H and O–H groups in total. The van der Waals surface area contributed by atoms with E-state index in [1.165, 1.54) is 0 Å². The first-order valence-corrected chi connectivity index (χ1v) is 5.25. The summed E-state index contributed by atoms with van der Waals surface area (Å²) in [4.78, 5) is 13.0. The van der Waals surface area contributed by atoms with E-state index in [9.17, 15) is 9.90 Å². The molecule has 1 unspecified atom stereocenters. The van der Waals surface area contributed by atoms with Crippen molar-refractivity contribution < 1.29 is 14.6 Å². The number of rotatable bonds is 8. The molecule has 0 radical (unpaired) electrons. The van der Waals surface area contributed by atoms with Gasteiger partial charge in [-0.3, -0.25) is 4.79 Å². The molecule has 90 valence electrons. The number of nitrogens with zero attached hydrogens (tertiary/aromatic N) is 1. The van der Waals surface area contributed by atoms with Crippen molar-refractivity contribution in [3.63, 3.8) is 0 Å². The van der Waals surface area contributed by atoms with Crippen LogP contribution in [-0.2, 0) is 9.53 Å². The standard InChI is InChI=1S/C10H22N2O3/c1-4-15-10(14)7-9(13)8-11-5-6-12(2)3/h9,11,13H,4-8H2,1-3H3. The van der Waals surface area contributed by atoms with Gasteiger partial charge in [0.1, 0.15) is 0 Å². The van der Waals surface area contributed by atoms with Crippen LogP contribution in [0.2, 0.25) is 0 Å². The van der Waals surface area contributed by atoms with Gasteiger partial charge in [-0.05, 0) is 21.0 Å². The third kappa shape index (κ3) is 9.65. The van der Waals surface area contributed by atoms with E-state index in [0.29, 0.717) is 13.2 Å². The van der Waals surface area contributed by atoms with Gasteiger partial charge in [0, 0.05) is 19.6 Å². The van der Waals surface area contributed by atoms with E-state index >= 15 is 0 Å². The van der Waals surface area contributed by atoms with Gasteiger partial charge < -0.3 is 20.1 Å². The quantitative estimate of drug-likeness (QED) is 0.423. The topological polar surface area (TPSA) is 61.8 Å². The molecule has 5 heteroatoms. The minimum Gasteiger partial charge on any atom is -0.466 e. The number of carbonyl (C=O) groups excluding carboxylic acids is 1. The fourth-order valence-electron chi connectivity index (χ4n) is 1.06. The smallest absolute Gasteiger partial charge is 0.308 e. The van der Waals surface area contributed by atoms with E-state index in [2.05, 4.69) is 5.32 Å². The number of aliphatic hydroxyl groups is 1. The molecular formula is C10H22N2O3. The van der Waals surface area contributed by atoms with Crippen molar-refractivity contribution in [3.8, 4) is 0 Å². The van der Waals surface area contributed by atoms with E-state index in [-0.39, 0.29) is 12.4 Å². The fourth-order valence-corrected chi connectivity index (χ4v) is 1.06. The third-order valence-electron chi connectivity index (χ3n) is 1.82. The number of hydrogen-bond acceptors (Lipinski definition) is 5. The summed E-state index contributed by atoms with van der Waals surface area (Å²) in [6.45, 7) is 4.24. The maximum atomic E-state index is 11.0. The van der Waals surface area contributed by atoms with Crippen molar-refractivity contribution in [2.45, 2.75) is 19.4 Å². The van der Waals surface area contributed by atoms with Crippen molar-refractivity contribution >= 4 is 5.97 Å². The molecule has 0 heterocycles. The zero-order valence-electron chi connectivity index (χ0n) is 9.82. The minimum absolute atomic E-state index is 0.0583. The van der Waals surface area contributed by atoms with Crippen molar-refractivity contribution in [3.05, 3.63) is 0 Å². The van der Waals surface area contributed by atoms with Crippen LogP contribution < -0.4 is 5.32 Å². The molecule has 1 atom stereocenters. The number of aliphatic hydroxyl groups excluding tert-OH is 1. The molecule has 5 nitrogen and oxygen atoms in total. The Labute approximate surface area is 91.4 Å². The Balaban J connectivity index is 3.40. The Bertz CT molecular complexity index is 174. The summed E-state index contributed by atoms with van der Waals surface area (Å²) in [6.07, 6.45) is -0.603. The molecule has 0 amide bonds. The summed E-state index contributed by atoms with van der Waals surface area (Å²) in [7, 11) is 3.97. The Morgan fingerprint density at radius 1 is 1.53 bits per heavy atom. The molecule has 0 aromatic heterocycles. The van der Waals surface area contributed by atoms with E-state index in [1.807, 2.05) is 19.0 Å². The second-order valence-electron chi connectivity index (χ2n) is 3.67. The van der Waals surface area contributed by atoms with Crippen molar-refractivity contribution in [2.24, 2.45) is 0 Å². The molecule has 0 aromatic carbocycles. The van der Waals surface area contributed by atoms with E-state index in [0.717, 1.165) is 13.1 Å². The van der Waals surface area contributed by atoms with Gasteiger partial charge in [0.25, 0.3) is 0 Å². The molecule has 0 saturated carbocycles. The lowest BCUT2D eigenvalue weighted by atomic mass is 10.2. The van der Waals surface area contributed by atoms with Crippen LogP contribution in [0.5, 0.6) is 0 Å². The Morgan fingerprint density at radius 2 is 2.20 bits per heavy atom. The molecule has 0 aliphatic rings. The maximum Gasteiger partial charge on any atom is 0.308 e. The molecule has 0 aliphatic carbocycles. The lowest BCUT2D eigenvalue weighted by molar-refractivity contribution is -0.145. The predicted octanol–water partition coefficient (Wildman–Crippen LogP) is -0.548. The van der Waals surface area contributed by atoms with Crippen LogP contribution in [0.4, 0.5) is 0 Å². The van der Waals surface area contributed by atoms with Crippen LogP contribution in [-0.4, -0.2) is 62.4 Å². The van der Waals surface area contributed by atoms with Gasteiger partial charge in [-0.1, -0.05) is 0 Å². The molecular weight excluding hydrogens is 196 g/mol. The molecule has 0 spiro atoms. The van der Waals surface area contributed by atoms with E-state index < -0.39 is 6.10 Å². The summed E-state index contributed by atoms with van der Waals surface area (Å²) in [5, 5.41) is 12.5. The van der Waals surface area contributed by atoms with Gasteiger partial charge in [0.15, 0.2) is 0 Å². The molecule has 0 aromatic rings. The molecule has 0 saturated heterocycles. The monoisotopic (exact) mass is 218 g/mol. The number of hydrogen-bond donors (Lipinski definition) is 2. The van der Waals surface area contributed by atoms with Crippen molar-refractivity contribution in [1.82, 2.24) is 10.2 Å². The molecule has 15 heavy (non-hydrogen) atoms. The zero-order chi connectivity index (χ0) is 11.7. The lowest BCUT2D eigenvalue weighted by Gasteiger charge is -2.13. The first-order chi connectivity index (χ1) is 7.06. The van der Waals surface area contributed by atoms with Crippen LogP contribution in [0.3, 0.4) is 0 Å². The number of esters is 1. The Morgan fingerprint density at radius 3 is 2.73 bits per heavy atom. The lowest BCUT2D eigenvalue weighted by Crippen LogP contribution is -2.33. The van der Waals surface area contributed by atoms with Gasteiger partial charge in [-0.25, -0.2) is 0 Å². The third-order valence-corrected chi connectivity index (χ3v) is 1.82. The highest BCUT2D eigenvalue weighted by atomic mass is 16.5. The highest BCUT2D eigenvalue weighted by Crippen LogP contribution is 1.93. The van der Waals surface area contributed by atoms with Gasteiger partial charge in [-0.15, -0.1) is 0 Å². The second-order valence-corrected chi connectivity index (χ2v) is 3.67. The molecule has 0 fully saturated rings. The Hall–Kier alpha value is -0.650. The SMILES string of the molecule is CCOC(=O)CC(O)CNCCN(C)C. The largest absolute Gasteiger partial charge is 0.466 e. The summed E-state index contributed by atoms with van der Waals surface area (Å²) < 4.78 is 4.72. The van der Waals surface area contributed by atoms with Crippen LogP contribution in [0.1, 0.15) is 13.3 Å². The molecule has 0 rings (SSSR count). The van der Waals surface area contributed by atoms with Crippen LogP contribution in [0.15, 0.2) is 0 Å². The average Bonchev–Trinajstić information content (AvgIpc) is 2.12. The Kier molecular flexibility index (Phi) is 8.27. The van der Waals surface area contributed by atoms with E-state index in [4.69, 9.17) is 4.74 Å². The average molecular weight is 218 g/mol. The summed E-state index contributed by atoms with van der Waals surface area (Å²) >= 11 is 0. The van der Waals surface area contributed by atoms with Crippen molar-refractivity contribution in [1.29, 1.82) is 0 Å². The zero-order valence-corrected chi connectivity index (χ0v) is 9.82. The first-order valence-electron chi connectivity index (χ1n) is 5.25. The predicted molar refractivity (Wildman–Crippen MR) is 58.7 cm³/mol. The highest BCUT2D eigenvalue weighted by molar-refractivity contribution is 5.69. The summed E-state index contributed by atoms with van der Waals surface area (Å²) in [5.74, 6) is -0.348. The van der Waals surface area contributed by atoms with Gasteiger partial charge in [-0.2, -0.15) is 0 Å². The van der Waals surface area contributed by atoms with Gasteiger partial charge in [0.2, 0.25) is 0 Å². The highest BCUT2D eigenvalue weighted by Gasteiger charge is 2.10. The summed E-state index contributed by atoms with van der Waals surface area (Å²) in [6, 6.07) is 0. The molecule has 0 aliphatic heterocycles. The molecule has 0 bridgehead atoms. The number of likely N-dealkylation sites (N-methyl/N-ethyl adjacent to an activating group) is 1. The van der Waals surface area contributed by atoms with E-state index in [1.54, 1.807) is 6.92 Å². The minimum atomic E-state index is -0.661. The number of ether oxygens (including phenoxy) is 1. The van der Waals surface area contributed by atoms with Crippen LogP contribution in [0, 0.1) is 0 Å². The van der Waals surface area contributed by atoms with Crippen LogP contribution >= 0.6 is 0 Å². The van der Waals surface area contributed by atoms with Gasteiger partial charge >= 0.3 is 5.97 Å². The van der Waals surface area contributed by atoms with Gasteiger partial charge in [0.05, 0.1) is 19.1 Å². The number of carbonyl (C=O) groups is 1. The first kappa shape index (κ1) is 14.3. The van der Waals surface area contributed by atoms with Crippen LogP contribution in [0.25, 0.3) is 0 Å². The normalized spacial score (nSPS) is 12.9. The fraction of sp³-hybridized carbons (Fsp3) is 0.900.